The van der Waals surface area contributed by atoms with Gasteiger partial charge >= 0.3 is 0 Å². The van der Waals surface area contributed by atoms with E-state index in [1.807, 2.05) is 32.0 Å². The van der Waals surface area contributed by atoms with Gasteiger partial charge in [-0.25, -0.2) is 9.97 Å². The molecule has 0 saturated carbocycles. The third-order valence-corrected chi connectivity index (χ3v) is 3.28. The minimum atomic E-state index is -0.229. The van der Waals surface area contributed by atoms with Crippen LogP contribution in [0.1, 0.15) is 35.5 Å². The van der Waals surface area contributed by atoms with Crippen LogP contribution in [0, 0.1) is 19.8 Å². The van der Waals surface area contributed by atoms with Crippen molar-refractivity contribution in [2.24, 2.45) is 5.92 Å². The van der Waals surface area contributed by atoms with Gasteiger partial charge in [-0.05, 0) is 37.0 Å². The van der Waals surface area contributed by atoms with Crippen molar-refractivity contribution in [2.45, 2.75) is 27.7 Å². The van der Waals surface area contributed by atoms with Gasteiger partial charge in [0.25, 0.3) is 5.91 Å². The summed E-state index contributed by atoms with van der Waals surface area (Å²) in [6, 6.07) is 7.53. The van der Waals surface area contributed by atoms with Crippen molar-refractivity contribution in [3.8, 4) is 0 Å². The molecule has 1 amide bonds. The first-order chi connectivity index (χ1) is 10.5. The largest absolute Gasteiger partial charge is 0.354 e. The molecule has 22 heavy (non-hydrogen) atoms. The number of hydrogen-bond donors (Lipinski definition) is 2. The molecule has 0 fully saturated rings. The number of rotatable bonds is 5. The van der Waals surface area contributed by atoms with E-state index in [1.165, 1.54) is 0 Å². The summed E-state index contributed by atoms with van der Waals surface area (Å²) in [6.45, 7) is 8.91. The molecule has 0 aliphatic rings. The number of benzene rings is 1. The van der Waals surface area contributed by atoms with Crippen molar-refractivity contribution in [1.29, 1.82) is 0 Å². The fraction of sp³-hybridized carbons (Fsp3) is 0.353. The van der Waals surface area contributed by atoms with Crippen LogP contribution in [0.4, 0.5) is 11.6 Å². The Kier molecular flexibility index (Phi) is 5.09. The highest BCUT2D eigenvalue weighted by molar-refractivity contribution is 6.03. The number of para-hydroxylation sites is 1. The fourth-order valence-corrected chi connectivity index (χ4v) is 2.05. The van der Waals surface area contributed by atoms with Crippen molar-refractivity contribution in [3.05, 3.63) is 47.3 Å². The van der Waals surface area contributed by atoms with E-state index < -0.39 is 0 Å². The number of carbonyl (C=O) groups excluding carboxylic acids is 1. The number of nitrogens with zero attached hydrogens (tertiary/aromatic N) is 2. The van der Waals surface area contributed by atoms with E-state index in [2.05, 4.69) is 34.4 Å². The summed E-state index contributed by atoms with van der Waals surface area (Å²) in [5.41, 5.74) is 3.24. The maximum atomic E-state index is 12.4. The third-order valence-electron chi connectivity index (χ3n) is 3.28. The quantitative estimate of drug-likeness (QED) is 0.887. The lowest BCUT2D eigenvalue weighted by atomic mass is 10.1. The Morgan fingerprint density at radius 3 is 2.50 bits per heavy atom. The summed E-state index contributed by atoms with van der Waals surface area (Å²) in [5.74, 6) is 0.728. The highest BCUT2D eigenvalue weighted by Crippen LogP contribution is 2.20. The van der Waals surface area contributed by atoms with Crippen molar-refractivity contribution in [2.75, 3.05) is 17.2 Å². The standard InChI is InChI=1S/C17H22N4O/c1-11(2)10-19-17-18-9-8-14(20-17)16(22)21-15-12(3)6-5-7-13(15)4/h5-9,11H,10H2,1-4H3,(H,21,22)(H,18,19,20). The highest BCUT2D eigenvalue weighted by atomic mass is 16.1. The lowest BCUT2D eigenvalue weighted by molar-refractivity contribution is 0.102. The van der Waals surface area contributed by atoms with Crippen LogP contribution in [0.2, 0.25) is 0 Å². The van der Waals surface area contributed by atoms with Crippen molar-refractivity contribution in [1.82, 2.24) is 9.97 Å². The summed E-state index contributed by atoms with van der Waals surface area (Å²) in [7, 11) is 0. The first kappa shape index (κ1) is 15.9. The second-order valence-corrected chi connectivity index (χ2v) is 5.76. The van der Waals surface area contributed by atoms with Gasteiger partial charge in [0.2, 0.25) is 5.95 Å². The molecule has 0 unspecified atom stereocenters. The minimum absolute atomic E-state index is 0.229. The van der Waals surface area contributed by atoms with E-state index in [9.17, 15) is 4.79 Å². The highest BCUT2D eigenvalue weighted by Gasteiger charge is 2.12. The predicted molar refractivity (Wildman–Crippen MR) is 89.2 cm³/mol. The fourth-order valence-electron chi connectivity index (χ4n) is 2.05. The van der Waals surface area contributed by atoms with Gasteiger partial charge in [0.1, 0.15) is 5.69 Å². The van der Waals surface area contributed by atoms with Crippen molar-refractivity contribution < 1.29 is 4.79 Å². The van der Waals surface area contributed by atoms with Crippen LogP contribution in [0.3, 0.4) is 0 Å². The van der Waals surface area contributed by atoms with Crippen LogP contribution in [0.15, 0.2) is 30.5 Å². The molecule has 0 aliphatic heterocycles. The number of anilines is 2. The predicted octanol–water partition coefficient (Wildman–Crippen LogP) is 3.41. The van der Waals surface area contributed by atoms with E-state index in [0.717, 1.165) is 23.4 Å². The Balaban J connectivity index is 2.14. The second-order valence-electron chi connectivity index (χ2n) is 5.76. The molecular weight excluding hydrogens is 276 g/mol. The minimum Gasteiger partial charge on any atom is -0.354 e. The number of amides is 1. The van der Waals surface area contributed by atoms with Gasteiger partial charge in [0.15, 0.2) is 0 Å². The van der Waals surface area contributed by atoms with Gasteiger partial charge in [-0.2, -0.15) is 0 Å². The van der Waals surface area contributed by atoms with Gasteiger partial charge in [-0.3, -0.25) is 4.79 Å². The number of nitrogens with one attached hydrogen (secondary N) is 2. The molecule has 1 aromatic heterocycles. The Morgan fingerprint density at radius 1 is 1.18 bits per heavy atom. The van der Waals surface area contributed by atoms with E-state index in [0.29, 0.717) is 17.6 Å². The molecule has 0 saturated heterocycles. The summed E-state index contributed by atoms with van der Waals surface area (Å²) in [6.07, 6.45) is 1.59. The van der Waals surface area contributed by atoms with Crippen LogP contribution < -0.4 is 10.6 Å². The molecule has 0 atom stereocenters. The van der Waals surface area contributed by atoms with E-state index >= 15 is 0 Å². The summed E-state index contributed by atoms with van der Waals surface area (Å²) in [5, 5.41) is 6.05. The second kappa shape index (κ2) is 7.02. The van der Waals surface area contributed by atoms with E-state index in [1.54, 1.807) is 12.3 Å². The Labute approximate surface area is 131 Å². The first-order valence-corrected chi connectivity index (χ1v) is 7.42. The molecule has 1 aromatic carbocycles. The molecule has 1 heterocycles. The van der Waals surface area contributed by atoms with Gasteiger partial charge in [0.05, 0.1) is 0 Å². The smallest absolute Gasteiger partial charge is 0.274 e. The van der Waals surface area contributed by atoms with Gasteiger partial charge in [0, 0.05) is 18.4 Å². The lowest BCUT2D eigenvalue weighted by Crippen LogP contribution is -2.17. The third kappa shape index (κ3) is 4.04. The summed E-state index contributed by atoms with van der Waals surface area (Å²) in [4.78, 5) is 20.8. The van der Waals surface area contributed by atoms with Crippen molar-refractivity contribution in [3.63, 3.8) is 0 Å². The molecule has 0 radical (unpaired) electrons. The van der Waals surface area contributed by atoms with Crippen LogP contribution in [-0.2, 0) is 0 Å². The van der Waals surface area contributed by atoms with E-state index in [-0.39, 0.29) is 5.91 Å². The molecular formula is C17H22N4O. The van der Waals surface area contributed by atoms with Gasteiger partial charge < -0.3 is 10.6 Å². The van der Waals surface area contributed by atoms with E-state index in [4.69, 9.17) is 0 Å². The number of aryl methyl sites for hydroxylation is 2. The van der Waals surface area contributed by atoms with Gasteiger partial charge in [-0.15, -0.1) is 0 Å². The number of aromatic nitrogens is 2. The topological polar surface area (TPSA) is 66.9 Å². The molecule has 0 aliphatic carbocycles. The Bertz CT molecular complexity index is 647. The monoisotopic (exact) mass is 298 g/mol. The number of carbonyl (C=O) groups is 1. The Hall–Kier alpha value is -2.43. The molecule has 116 valence electrons. The van der Waals surface area contributed by atoms with Crippen LogP contribution in [-0.4, -0.2) is 22.4 Å². The zero-order chi connectivity index (χ0) is 16.1. The first-order valence-electron chi connectivity index (χ1n) is 7.42. The summed E-state index contributed by atoms with van der Waals surface area (Å²) >= 11 is 0. The molecule has 0 spiro atoms. The van der Waals surface area contributed by atoms with Crippen LogP contribution >= 0.6 is 0 Å². The molecule has 2 N–H and O–H groups in total. The summed E-state index contributed by atoms with van der Waals surface area (Å²) < 4.78 is 0. The maximum Gasteiger partial charge on any atom is 0.274 e. The zero-order valence-electron chi connectivity index (χ0n) is 13.5. The molecule has 2 rings (SSSR count). The van der Waals surface area contributed by atoms with Crippen LogP contribution in [0.5, 0.6) is 0 Å². The molecule has 2 aromatic rings. The average Bonchev–Trinajstić information content (AvgIpc) is 2.49. The lowest BCUT2D eigenvalue weighted by Gasteiger charge is -2.12. The number of hydrogen-bond acceptors (Lipinski definition) is 4. The maximum absolute atomic E-state index is 12.4. The SMILES string of the molecule is Cc1cccc(C)c1NC(=O)c1ccnc(NCC(C)C)n1. The molecule has 5 nitrogen and oxygen atoms in total. The van der Waals surface area contributed by atoms with Gasteiger partial charge in [-0.1, -0.05) is 32.0 Å². The average molecular weight is 298 g/mol. The normalized spacial score (nSPS) is 10.6. The zero-order valence-corrected chi connectivity index (χ0v) is 13.5. The van der Waals surface area contributed by atoms with Crippen LogP contribution in [0.25, 0.3) is 0 Å². The van der Waals surface area contributed by atoms with Crippen molar-refractivity contribution >= 4 is 17.5 Å². The Morgan fingerprint density at radius 2 is 1.86 bits per heavy atom. The molecule has 0 bridgehead atoms. The molecule has 5 heteroatoms.